The molecular formula is C14H20N4O4S. The lowest BCUT2D eigenvalue weighted by Gasteiger charge is -2.43. The van der Waals surface area contributed by atoms with Gasteiger partial charge in [0.15, 0.2) is 5.96 Å². The van der Waals surface area contributed by atoms with Crippen molar-refractivity contribution in [3.63, 3.8) is 0 Å². The normalized spacial score (nSPS) is 29.4. The number of carbonyl (C=O) groups excluding carboxylic acids is 1. The van der Waals surface area contributed by atoms with Crippen molar-refractivity contribution in [3.05, 3.63) is 10.6 Å². The van der Waals surface area contributed by atoms with E-state index in [-0.39, 0.29) is 28.9 Å². The number of likely N-dealkylation sites (tertiary alicyclic amines) is 1. The lowest BCUT2D eigenvalue weighted by atomic mass is 9.90. The molecule has 3 aliphatic rings. The van der Waals surface area contributed by atoms with Crippen LogP contribution in [0.3, 0.4) is 0 Å². The maximum Gasteiger partial charge on any atom is 0.353 e. The lowest BCUT2D eigenvalue weighted by molar-refractivity contribution is -0.156. The molecule has 0 spiro atoms. The summed E-state index contributed by atoms with van der Waals surface area (Å²) in [6.45, 7) is 2.77. The molecule has 3 atom stereocenters. The van der Waals surface area contributed by atoms with E-state index in [0.717, 1.165) is 4.91 Å². The summed E-state index contributed by atoms with van der Waals surface area (Å²) >= 11 is 1.39. The zero-order chi connectivity index (χ0) is 16.9. The highest BCUT2D eigenvalue weighted by Gasteiger charge is 2.58. The number of amides is 1. The van der Waals surface area contributed by atoms with Gasteiger partial charge in [0.2, 0.25) is 5.91 Å². The van der Waals surface area contributed by atoms with E-state index in [9.17, 15) is 19.8 Å². The SMILES string of the molecule is CC(O)C1C(=O)N2C(C(=O)O)=C(C3CCN(C(=N)N)CC3)S[C@@H]12. The molecule has 23 heavy (non-hydrogen) atoms. The number of aliphatic carboxylic acids is 1. The Bertz CT molecular complexity index is 598. The summed E-state index contributed by atoms with van der Waals surface area (Å²) < 4.78 is 0. The van der Waals surface area contributed by atoms with Crippen LogP contribution in [0.1, 0.15) is 19.8 Å². The molecular weight excluding hydrogens is 320 g/mol. The summed E-state index contributed by atoms with van der Waals surface area (Å²) in [5.74, 6) is -1.87. The van der Waals surface area contributed by atoms with Gasteiger partial charge in [-0.15, -0.1) is 11.8 Å². The zero-order valence-corrected chi connectivity index (χ0v) is 13.5. The standard InChI is InChI=1S/C14H20N4O4S/c1-6(19)8-11(20)18-9(13(21)22)10(23-12(8)18)7-2-4-17(5-3-7)14(15)16/h6-8,12,19H,2-5H2,1H3,(H3,15,16)(H,21,22)/t6?,8?,12-/m0/s1. The van der Waals surface area contributed by atoms with Gasteiger partial charge in [-0.3, -0.25) is 15.1 Å². The highest BCUT2D eigenvalue weighted by atomic mass is 32.2. The third-order valence-corrected chi connectivity index (χ3v) is 6.26. The number of nitrogens with one attached hydrogen (secondary N) is 1. The molecule has 0 aromatic carbocycles. The van der Waals surface area contributed by atoms with E-state index in [1.807, 2.05) is 0 Å². The molecule has 0 aromatic rings. The number of rotatable bonds is 3. The molecule has 3 aliphatic heterocycles. The predicted molar refractivity (Wildman–Crippen MR) is 84.3 cm³/mol. The average molecular weight is 340 g/mol. The summed E-state index contributed by atoms with van der Waals surface area (Å²) in [6, 6.07) is 0. The number of aliphatic hydroxyl groups excluding tert-OH is 1. The van der Waals surface area contributed by atoms with Gasteiger partial charge < -0.3 is 20.8 Å². The number of fused-ring (bicyclic) bond motifs is 1. The monoisotopic (exact) mass is 340 g/mol. The Hall–Kier alpha value is -1.74. The highest BCUT2D eigenvalue weighted by Crippen LogP contribution is 2.53. The summed E-state index contributed by atoms with van der Waals surface area (Å²) in [4.78, 5) is 27.6. The molecule has 0 bridgehead atoms. The van der Waals surface area contributed by atoms with Gasteiger partial charge in [-0.25, -0.2) is 4.79 Å². The predicted octanol–water partition coefficient (Wildman–Crippen LogP) is -0.200. The van der Waals surface area contributed by atoms with Crippen molar-refractivity contribution in [2.24, 2.45) is 17.6 Å². The van der Waals surface area contributed by atoms with Crippen molar-refractivity contribution in [2.75, 3.05) is 13.1 Å². The number of carboxylic acids is 1. The number of aliphatic hydroxyl groups is 1. The van der Waals surface area contributed by atoms with E-state index in [0.29, 0.717) is 25.9 Å². The summed E-state index contributed by atoms with van der Waals surface area (Å²) in [5.41, 5.74) is 5.55. The van der Waals surface area contributed by atoms with Crippen LogP contribution in [0.25, 0.3) is 0 Å². The average Bonchev–Trinajstić information content (AvgIpc) is 2.82. The van der Waals surface area contributed by atoms with Gasteiger partial charge in [-0.2, -0.15) is 0 Å². The second-order valence-corrected chi connectivity index (χ2v) is 7.31. The first-order valence-corrected chi connectivity index (χ1v) is 8.45. The van der Waals surface area contributed by atoms with Gasteiger partial charge in [0, 0.05) is 18.0 Å². The van der Waals surface area contributed by atoms with Gasteiger partial charge in [0.25, 0.3) is 0 Å². The van der Waals surface area contributed by atoms with Crippen LogP contribution < -0.4 is 5.73 Å². The largest absolute Gasteiger partial charge is 0.477 e. The number of hydrogen-bond donors (Lipinski definition) is 4. The fourth-order valence-electron chi connectivity index (χ4n) is 3.48. The number of thioether (sulfide) groups is 1. The molecule has 0 saturated carbocycles. The van der Waals surface area contributed by atoms with Gasteiger partial charge in [0.05, 0.1) is 12.0 Å². The molecule has 0 radical (unpaired) electrons. The van der Waals surface area contributed by atoms with Crippen LogP contribution in [0.4, 0.5) is 0 Å². The number of nitrogens with zero attached hydrogens (tertiary/aromatic N) is 2. The van der Waals surface area contributed by atoms with E-state index >= 15 is 0 Å². The number of hydrogen-bond acceptors (Lipinski definition) is 5. The molecule has 9 heteroatoms. The van der Waals surface area contributed by atoms with Gasteiger partial charge >= 0.3 is 5.97 Å². The van der Waals surface area contributed by atoms with Crippen LogP contribution in [0.15, 0.2) is 10.6 Å². The molecule has 8 nitrogen and oxygen atoms in total. The lowest BCUT2D eigenvalue weighted by Crippen LogP contribution is -2.60. The third kappa shape index (κ3) is 2.47. The van der Waals surface area contributed by atoms with Gasteiger partial charge in [0.1, 0.15) is 11.1 Å². The summed E-state index contributed by atoms with van der Waals surface area (Å²) in [7, 11) is 0. The van der Waals surface area contributed by atoms with Crippen molar-refractivity contribution in [3.8, 4) is 0 Å². The Morgan fingerprint density at radius 2 is 2.04 bits per heavy atom. The second-order valence-electron chi connectivity index (χ2n) is 6.15. The van der Waals surface area contributed by atoms with E-state index in [1.54, 1.807) is 11.8 Å². The molecule has 2 fully saturated rings. The molecule has 0 aromatic heterocycles. The van der Waals surface area contributed by atoms with Gasteiger partial charge in [-0.05, 0) is 25.7 Å². The van der Waals surface area contributed by atoms with E-state index < -0.39 is 18.0 Å². The minimum absolute atomic E-state index is 0.0307. The van der Waals surface area contributed by atoms with Crippen molar-refractivity contribution < 1.29 is 19.8 Å². The van der Waals surface area contributed by atoms with Crippen molar-refractivity contribution in [1.29, 1.82) is 5.41 Å². The Kier molecular flexibility index (Phi) is 4.01. The number of piperidine rings is 1. The maximum atomic E-state index is 12.2. The maximum absolute atomic E-state index is 12.2. The molecule has 0 aliphatic carbocycles. The van der Waals surface area contributed by atoms with Crippen molar-refractivity contribution in [1.82, 2.24) is 9.80 Å². The molecule has 3 rings (SSSR count). The minimum atomic E-state index is -1.10. The van der Waals surface area contributed by atoms with Crippen LogP contribution in [0.5, 0.6) is 0 Å². The number of nitrogens with two attached hydrogens (primary N) is 1. The molecule has 126 valence electrons. The van der Waals surface area contributed by atoms with Crippen molar-refractivity contribution >= 4 is 29.6 Å². The Labute approximate surface area is 137 Å². The smallest absolute Gasteiger partial charge is 0.353 e. The number of carbonyl (C=O) groups is 2. The fraction of sp³-hybridized carbons (Fsp3) is 0.643. The highest BCUT2D eigenvalue weighted by molar-refractivity contribution is 8.04. The van der Waals surface area contributed by atoms with Crippen molar-refractivity contribution in [2.45, 2.75) is 31.2 Å². The van der Waals surface area contributed by atoms with Crippen LogP contribution >= 0.6 is 11.8 Å². The van der Waals surface area contributed by atoms with E-state index in [2.05, 4.69) is 0 Å². The number of allylic oxidation sites excluding steroid dienone is 1. The molecule has 1 amide bonds. The molecule has 2 saturated heterocycles. The number of β-lactam (4-membered cyclic amide) rings is 1. The summed E-state index contributed by atoms with van der Waals surface area (Å²) in [6.07, 6.45) is 0.616. The summed E-state index contributed by atoms with van der Waals surface area (Å²) in [5, 5.41) is 26.4. The first-order valence-electron chi connectivity index (χ1n) is 7.57. The van der Waals surface area contributed by atoms with Crippen LogP contribution in [0.2, 0.25) is 0 Å². The Balaban J connectivity index is 1.81. The van der Waals surface area contributed by atoms with Crippen LogP contribution in [0, 0.1) is 17.2 Å². The number of carboxylic acid groups (broad SMARTS) is 1. The minimum Gasteiger partial charge on any atom is -0.477 e. The zero-order valence-electron chi connectivity index (χ0n) is 12.7. The Morgan fingerprint density at radius 1 is 1.43 bits per heavy atom. The van der Waals surface area contributed by atoms with E-state index in [1.165, 1.54) is 16.7 Å². The second kappa shape index (κ2) is 5.72. The Morgan fingerprint density at radius 3 is 2.52 bits per heavy atom. The first kappa shape index (κ1) is 16.1. The van der Waals surface area contributed by atoms with Crippen LogP contribution in [-0.2, 0) is 9.59 Å². The molecule has 2 unspecified atom stereocenters. The molecule has 5 N–H and O–H groups in total. The van der Waals surface area contributed by atoms with Crippen LogP contribution in [-0.4, -0.2) is 62.4 Å². The number of guanidine groups is 1. The quantitative estimate of drug-likeness (QED) is 0.318. The molecule has 3 heterocycles. The van der Waals surface area contributed by atoms with Gasteiger partial charge in [-0.1, -0.05) is 0 Å². The van der Waals surface area contributed by atoms with E-state index in [4.69, 9.17) is 11.1 Å². The fourth-order valence-corrected chi connectivity index (χ4v) is 5.27. The third-order valence-electron chi connectivity index (χ3n) is 4.74. The first-order chi connectivity index (χ1) is 10.8. The topological polar surface area (TPSA) is 131 Å².